The summed E-state index contributed by atoms with van der Waals surface area (Å²) in [6.45, 7) is 1.17. The molecule has 0 fully saturated rings. The minimum atomic E-state index is -3.65. The summed E-state index contributed by atoms with van der Waals surface area (Å²) in [5.41, 5.74) is 2.55. The first-order valence-electron chi connectivity index (χ1n) is 8.66. The van der Waals surface area contributed by atoms with Gasteiger partial charge in [-0.2, -0.15) is 0 Å². The normalized spacial score (nSPS) is 11.7. The van der Waals surface area contributed by atoms with Gasteiger partial charge in [-0.05, 0) is 35.9 Å². The zero-order valence-electron chi connectivity index (χ0n) is 14.6. The lowest BCUT2D eigenvalue weighted by atomic mass is 10.2. The van der Waals surface area contributed by atoms with E-state index in [0.717, 1.165) is 16.6 Å². The monoisotopic (exact) mass is 377 g/mol. The van der Waals surface area contributed by atoms with E-state index in [-0.39, 0.29) is 4.90 Å². The Kier molecular flexibility index (Phi) is 4.75. The van der Waals surface area contributed by atoms with Crippen LogP contribution in [0, 0.1) is 0 Å². The molecule has 4 rings (SSSR count). The molecule has 2 aromatic heterocycles. The third-order valence-electron chi connectivity index (χ3n) is 4.41. The number of hydrogen-bond donors (Lipinski definition) is 1. The molecule has 27 heavy (non-hydrogen) atoms. The smallest absolute Gasteiger partial charge is 0.268 e. The summed E-state index contributed by atoms with van der Waals surface area (Å²) < 4.78 is 27.5. The van der Waals surface area contributed by atoms with Crippen LogP contribution in [0.2, 0.25) is 0 Å². The molecule has 0 unspecified atom stereocenters. The lowest BCUT2D eigenvalue weighted by Crippen LogP contribution is -2.14. The summed E-state index contributed by atoms with van der Waals surface area (Å²) in [6, 6.07) is 21.8. The van der Waals surface area contributed by atoms with Gasteiger partial charge >= 0.3 is 0 Å². The number of hydrogen-bond acceptors (Lipinski definition) is 4. The van der Waals surface area contributed by atoms with Crippen molar-refractivity contribution in [1.29, 1.82) is 0 Å². The van der Waals surface area contributed by atoms with E-state index >= 15 is 0 Å². The predicted octanol–water partition coefficient (Wildman–Crippen LogP) is 3.56. The van der Waals surface area contributed by atoms with Crippen LogP contribution in [0.3, 0.4) is 0 Å². The van der Waals surface area contributed by atoms with Crippen molar-refractivity contribution in [1.82, 2.24) is 14.3 Å². The van der Waals surface area contributed by atoms with Crippen molar-refractivity contribution in [3.05, 3.63) is 96.4 Å². The molecule has 0 aliphatic carbocycles. The molecule has 6 heteroatoms. The van der Waals surface area contributed by atoms with Crippen molar-refractivity contribution in [2.24, 2.45) is 0 Å². The largest absolute Gasteiger partial charge is 0.307 e. The maximum absolute atomic E-state index is 13.1. The van der Waals surface area contributed by atoms with Crippen LogP contribution >= 0.6 is 0 Å². The lowest BCUT2D eigenvalue weighted by Gasteiger charge is -2.07. The highest BCUT2D eigenvalue weighted by molar-refractivity contribution is 7.90. The SMILES string of the molecule is O=S(=O)(c1ccccc1)n1cc(CNCc2ccccn2)c2ccccc21. The second-order valence-corrected chi connectivity index (χ2v) is 8.02. The molecule has 0 saturated heterocycles. The van der Waals surface area contributed by atoms with Gasteiger partial charge in [0.1, 0.15) is 0 Å². The van der Waals surface area contributed by atoms with Crippen LogP contribution in [0.5, 0.6) is 0 Å². The van der Waals surface area contributed by atoms with E-state index in [1.165, 1.54) is 3.97 Å². The first kappa shape index (κ1) is 17.5. The Bertz CT molecular complexity index is 1150. The van der Waals surface area contributed by atoms with E-state index in [9.17, 15) is 8.42 Å². The van der Waals surface area contributed by atoms with Crippen molar-refractivity contribution < 1.29 is 8.42 Å². The van der Waals surface area contributed by atoms with Crippen molar-refractivity contribution in [2.75, 3.05) is 0 Å². The summed E-state index contributed by atoms with van der Waals surface area (Å²) in [5.74, 6) is 0. The molecule has 1 N–H and O–H groups in total. The predicted molar refractivity (Wildman–Crippen MR) is 106 cm³/mol. The highest BCUT2D eigenvalue weighted by Gasteiger charge is 2.20. The van der Waals surface area contributed by atoms with Gasteiger partial charge in [-0.3, -0.25) is 4.98 Å². The lowest BCUT2D eigenvalue weighted by molar-refractivity contribution is 0.588. The fraction of sp³-hybridized carbons (Fsp3) is 0.0952. The maximum Gasteiger partial charge on any atom is 0.268 e. The quantitative estimate of drug-likeness (QED) is 0.558. The van der Waals surface area contributed by atoms with Gasteiger partial charge in [-0.15, -0.1) is 0 Å². The number of nitrogens with zero attached hydrogens (tertiary/aromatic N) is 2. The van der Waals surface area contributed by atoms with Gasteiger partial charge in [0, 0.05) is 30.9 Å². The second-order valence-electron chi connectivity index (χ2n) is 6.21. The summed E-state index contributed by atoms with van der Waals surface area (Å²) in [4.78, 5) is 4.57. The molecule has 2 aromatic carbocycles. The molecule has 0 saturated carbocycles. The number of aromatic nitrogens is 2. The van der Waals surface area contributed by atoms with E-state index < -0.39 is 10.0 Å². The zero-order valence-corrected chi connectivity index (χ0v) is 15.4. The standard InChI is InChI=1S/C21H19N3O2S/c25-27(26,19-9-2-1-3-10-19)24-16-17(20-11-4-5-12-21(20)24)14-22-15-18-8-6-7-13-23-18/h1-13,16,22H,14-15H2. The van der Waals surface area contributed by atoms with E-state index in [0.29, 0.717) is 18.6 Å². The first-order valence-corrected chi connectivity index (χ1v) is 10.1. The topological polar surface area (TPSA) is 64.0 Å². The fourth-order valence-corrected chi connectivity index (χ4v) is 4.50. The Balaban J connectivity index is 1.67. The molecule has 0 radical (unpaired) electrons. The number of nitrogens with one attached hydrogen (secondary N) is 1. The molecule has 5 nitrogen and oxygen atoms in total. The Morgan fingerprint density at radius 1 is 0.852 bits per heavy atom. The Labute approximate surface area is 158 Å². The van der Waals surface area contributed by atoms with E-state index in [1.807, 2.05) is 42.5 Å². The molecule has 0 spiro atoms. The molecule has 4 aromatic rings. The van der Waals surface area contributed by atoms with Gasteiger partial charge < -0.3 is 5.32 Å². The average Bonchev–Trinajstić information content (AvgIpc) is 3.09. The van der Waals surface area contributed by atoms with Crippen molar-refractivity contribution in [2.45, 2.75) is 18.0 Å². The maximum atomic E-state index is 13.1. The average molecular weight is 377 g/mol. The van der Waals surface area contributed by atoms with Crippen LogP contribution in [0.25, 0.3) is 10.9 Å². The highest BCUT2D eigenvalue weighted by atomic mass is 32.2. The van der Waals surface area contributed by atoms with Gasteiger partial charge in [0.25, 0.3) is 10.0 Å². The number of benzene rings is 2. The van der Waals surface area contributed by atoms with Gasteiger partial charge in [0.05, 0.1) is 16.1 Å². The second kappa shape index (κ2) is 7.34. The van der Waals surface area contributed by atoms with Crippen LogP contribution in [-0.2, 0) is 23.1 Å². The van der Waals surface area contributed by atoms with Crippen molar-refractivity contribution >= 4 is 20.9 Å². The van der Waals surface area contributed by atoms with E-state index in [1.54, 1.807) is 42.7 Å². The van der Waals surface area contributed by atoms with Crippen LogP contribution < -0.4 is 5.32 Å². The number of para-hydroxylation sites is 1. The van der Waals surface area contributed by atoms with Crippen LogP contribution in [-0.4, -0.2) is 17.4 Å². The number of fused-ring (bicyclic) bond motifs is 1. The molecule has 0 bridgehead atoms. The summed E-state index contributed by atoms with van der Waals surface area (Å²) >= 11 is 0. The molecule has 0 amide bonds. The van der Waals surface area contributed by atoms with Gasteiger partial charge in [0.15, 0.2) is 0 Å². The molecular weight excluding hydrogens is 358 g/mol. The van der Waals surface area contributed by atoms with Gasteiger partial charge in [0.2, 0.25) is 0 Å². The minimum Gasteiger partial charge on any atom is -0.307 e. The molecule has 136 valence electrons. The summed E-state index contributed by atoms with van der Waals surface area (Å²) in [6.07, 6.45) is 3.47. The molecule has 0 atom stereocenters. The number of pyridine rings is 1. The van der Waals surface area contributed by atoms with Crippen LogP contribution in [0.4, 0.5) is 0 Å². The molecular formula is C21H19N3O2S. The Morgan fingerprint density at radius 3 is 2.37 bits per heavy atom. The molecule has 2 heterocycles. The first-order chi connectivity index (χ1) is 13.2. The third-order valence-corrected chi connectivity index (χ3v) is 6.10. The Morgan fingerprint density at radius 2 is 1.59 bits per heavy atom. The fourth-order valence-electron chi connectivity index (χ4n) is 3.09. The van der Waals surface area contributed by atoms with Crippen LogP contribution in [0.1, 0.15) is 11.3 Å². The van der Waals surface area contributed by atoms with Crippen LogP contribution in [0.15, 0.2) is 90.1 Å². The Hall–Kier alpha value is -2.96. The van der Waals surface area contributed by atoms with Crippen molar-refractivity contribution in [3.8, 4) is 0 Å². The van der Waals surface area contributed by atoms with Gasteiger partial charge in [-0.25, -0.2) is 12.4 Å². The van der Waals surface area contributed by atoms with Gasteiger partial charge in [-0.1, -0.05) is 42.5 Å². The molecule has 0 aliphatic rings. The highest BCUT2D eigenvalue weighted by Crippen LogP contribution is 2.26. The van der Waals surface area contributed by atoms with E-state index in [4.69, 9.17) is 0 Å². The summed E-state index contributed by atoms with van der Waals surface area (Å²) in [5, 5.41) is 4.27. The zero-order chi connectivity index (χ0) is 18.7. The van der Waals surface area contributed by atoms with Crippen molar-refractivity contribution in [3.63, 3.8) is 0 Å². The summed E-state index contributed by atoms with van der Waals surface area (Å²) in [7, 11) is -3.65. The minimum absolute atomic E-state index is 0.277. The third kappa shape index (κ3) is 3.49. The number of rotatable bonds is 6. The molecule has 0 aliphatic heterocycles. The van der Waals surface area contributed by atoms with E-state index in [2.05, 4.69) is 10.3 Å².